The fourth-order valence-electron chi connectivity index (χ4n) is 2.15. The highest BCUT2D eigenvalue weighted by Gasteiger charge is 2.27. The van der Waals surface area contributed by atoms with Gasteiger partial charge in [-0.15, -0.1) is 0 Å². The summed E-state index contributed by atoms with van der Waals surface area (Å²) >= 11 is 0. The van der Waals surface area contributed by atoms with Crippen molar-refractivity contribution in [2.24, 2.45) is 0 Å². The zero-order valence-corrected chi connectivity index (χ0v) is 10.4. The van der Waals surface area contributed by atoms with Crippen LogP contribution >= 0.6 is 0 Å². The first-order valence-corrected chi connectivity index (χ1v) is 5.84. The van der Waals surface area contributed by atoms with Crippen molar-refractivity contribution < 1.29 is 14.8 Å². The zero-order chi connectivity index (χ0) is 14.0. The highest BCUT2D eigenvalue weighted by atomic mass is 16.6. The van der Waals surface area contributed by atoms with Crippen LogP contribution in [0.15, 0.2) is 18.3 Å². The van der Waals surface area contributed by atoms with Gasteiger partial charge in [0, 0.05) is 31.7 Å². The fourth-order valence-corrected chi connectivity index (χ4v) is 2.15. The summed E-state index contributed by atoms with van der Waals surface area (Å²) in [7, 11) is 0. The van der Waals surface area contributed by atoms with Crippen LogP contribution in [0, 0.1) is 10.1 Å². The summed E-state index contributed by atoms with van der Waals surface area (Å²) in [6, 6.07) is 2.86. The summed E-state index contributed by atoms with van der Waals surface area (Å²) < 4.78 is 0. The van der Waals surface area contributed by atoms with Crippen molar-refractivity contribution in [1.29, 1.82) is 0 Å². The minimum atomic E-state index is -0.922. The number of rotatable bonds is 2. The third-order valence-corrected chi connectivity index (χ3v) is 3.16. The average molecular weight is 266 g/mol. The molecule has 0 unspecified atom stereocenters. The number of pyridine rings is 1. The number of aromatic nitrogens is 1. The van der Waals surface area contributed by atoms with Gasteiger partial charge in [-0.1, -0.05) is 0 Å². The van der Waals surface area contributed by atoms with Gasteiger partial charge in [-0.2, -0.15) is 0 Å². The van der Waals surface area contributed by atoms with E-state index in [4.69, 9.17) is 5.11 Å². The average Bonchev–Trinajstić information content (AvgIpc) is 2.38. The molecule has 8 nitrogen and oxygen atoms in total. The van der Waals surface area contributed by atoms with E-state index in [-0.39, 0.29) is 11.9 Å². The number of carboxylic acid groups (broad SMARTS) is 1. The van der Waals surface area contributed by atoms with Crippen molar-refractivity contribution in [1.82, 2.24) is 9.88 Å². The molecule has 1 N–H and O–H groups in total. The SMILES string of the molecule is C[C@H]1CN(c2ccc([N+](=O)[O-])nc2)CCN1C(=O)O. The minimum absolute atomic E-state index is 0.124. The predicted molar refractivity (Wildman–Crippen MR) is 67.3 cm³/mol. The van der Waals surface area contributed by atoms with Crippen LogP contribution in [0.5, 0.6) is 0 Å². The van der Waals surface area contributed by atoms with Gasteiger partial charge in [0.2, 0.25) is 0 Å². The van der Waals surface area contributed by atoms with Gasteiger partial charge in [0.25, 0.3) is 0 Å². The van der Waals surface area contributed by atoms with Gasteiger partial charge in [0.15, 0.2) is 6.20 Å². The van der Waals surface area contributed by atoms with E-state index in [9.17, 15) is 14.9 Å². The number of piperazine rings is 1. The lowest BCUT2D eigenvalue weighted by Crippen LogP contribution is -2.53. The highest BCUT2D eigenvalue weighted by Crippen LogP contribution is 2.20. The monoisotopic (exact) mass is 266 g/mol. The van der Waals surface area contributed by atoms with Crippen molar-refractivity contribution in [2.75, 3.05) is 24.5 Å². The Balaban J connectivity index is 2.08. The van der Waals surface area contributed by atoms with E-state index in [1.54, 1.807) is 6.07 Å². The van der Waals surface area contributed by atoms with Crippen molar-refractivity contribution in [2.45, 2.75) is 13.0 Å². The molecule has 1 fully saturated rings. The topological polar surface area (TPSA) is 99.8 Å². The van der Waals surface area contributed by atoms with Gasteiger partial charge in [-0.05, 0) is 22.9 Å². The van der Waals surface area contributed by atoms with Gasteiger partial charge < -0.3 is 25.0 Å². The Morgan fingerprint density at radius 3 is 2.74 bits per heavy atom. The van der Waals surface area contributed by atoms with E-state index >= 15 is 0 Å². The molecule has 1 aliphatic rings. The fraction of sp³-hybridized carbons (Fsp3) is 0.455. The summed E-state index contributed by atoms with van der Waals surface area (Å²) in [5, 5.41) is 19.5. The smallest absolute Gasteiger partial charge is 0.407 e. The molecule has 0 bridgehead atoms. The number of nitro groups is 1. The van der Waals surface area contributed by atoms with E-state index < -0.39 is 11.0 Å². The molecule has 1 aromatic heterocycles. The zero-order valence-electron chi connectivity index (χ0n) is 10.4. The van der Waals surface area contributed by atoms with Gasteiger partial charge in [-0.3, -0.25) is 0 Å². The molecule has 0 aliphatic carbocycles. The number of anilines is 1. The molecule has 0 spiro atoms. The summed E-state index contributed by atoms with van der Waals surface area (Å²) in [5.74, 6) is -0.194. The number of hydrogen-bond donors (Lipinski definition) is 1. The molecule has 0 saturated carbocycles. The minimum Gasteiger partial charge on any atom is -0.465 e. The van der Waals surface area contributed by atoms with E-state index in [2.05, 4.69) is 4.98 Å². The van der Waals surface area contributed by atoms with Gasteiger partial charge in [0.1, 0.15) is 0 Å². The Labute approximate surface area is 109 Å². The number of hydrogen-bond acceptors (Lipinski definition) is 5. The van der Waals surface area contributed by atoms with Crippen LogP contribution in [0.3, 0.4) is 0 Å². The lowest BCUT2D eigenvalue weighted by Gasteiger charge is -2.38. The standard InChI is InChI=1S/C11H14N4O4/c1-8-7-13(4-5-14(8)11(16)17)9-2-3-10(12-6-9)15(18)19/h2-3,6,8H,4-5,7H2,1H3,(H,16,17)/t8-/m0/s1. The molecule has 0 radical (unpaired) electrons. The van der Waals surface area contributed by atoms with Crippen LogP contribution in [-0.2, 0) is 0 Å². The second-order valence-electron chi connectivity index (χ2n) is 4.40. The molecule has 0 aromatic carbocycles. The summed E-state index contributed by atoms with van der Waals surface area (Å²) in [6.07, 6.45) is 0.523. The summed E-state index contributed by atoms with van der Waals surface area (Å²) in [4.78, 5) is 28.0. The maximum atomic E-state index is 10.9. The first-order valence-electron chi connectivity index (χ1n) is 5.84. The lowest BCUT2D eigenvalue weighted by atomic mass is 10.2. The third-order valence-electron chi connectivity index (χ3n) is 3.16. The number of nitrogens with zero attached hydrogens (tertiary/aromatic N) is 4. The van der Waals surface area contributed by atoms with Crippen LogP contribution < -0.4 is 4.90 Å². The van der Waals surface area contributed by atoms with Crippen LogP contribution in [0.25, 0.3) is 0 Å². The number of carbonyl (C=O) groups is 1. The maximum Gasteiger partial charge on any atom is 0.407 e. The molecular formula is C11H14N4O4. The second kappa shape index (κ2) is 5.09. The Hall–Kier alpha value is -2.38. The highest BCUT2D eigenvalue weighted by molar-refractivity contribution is 5.66. The predicted octanol–water partition coefficient (Wildman–Crippen LogP) is 1.18. The van der Waals surface area contributed by atoms with Gasteiger partial charge in [0.05, 0.1) is 5.69 Å². The van der Waals surface area contributed by atoms with Gasteiger partial charge in [-0.25, -0.2) is 4.79 Å². The van der Waals surface area contributed by atoms with E-state index in [1.165, 1.54) is 17.2 Å². The van der Waals surface area contributed by atoms with Crippen LogP contribution in [-0.4, -0.2) is 51.7 Å². The van der Waals surface area contributed by atoms with Crippen molar-refractivity contribution in [3.63, 3.8) is 0 Å². The molecule has 1 aromatic rings. The van der Waals surface area contributed by atoms with Crippen LogP contribution in [0.4, 0.5) is 16.3 Å². The molecule has 2 rings (SSSR count). The van der Waals surface area contributed by atoms with E-state index in [0.717, 1.165) is 5.69 Å². The molecule has 19 heavy (non-hydrogen) atoms. The largest absolute Gasteiger partial charge is 0.465 e. The Bertz CT molecular complexity index is 490. The molecule has 2 heterocycles. The lowest BCUT2D eigenvalue weighted by molar-refractivity contribution is -0.389. The molecule has 1 amide bonds. The second-order valence-corrected chi connectivity index (χ2v) is 4.40. The molecular weight excluding hydrogens is 252 g/mol. The quantitative estimate of drug-likeness (QED) is 0.637. The van der Waals surface area contributed by atoms with Crippen molar-refractivity contribution >= 4 is 17.6 Å². The van der Waals surface area contributed by atoms with E-state index in [1.807, 2.05) is 11.8 Å². The Morgan fingerprint density at radius 2 is 2.26 bits per heavy atom. The molecule has 102 valence electrons. The first kappa shape index (κ1) is 13.1. The Morgan fingerprint density at radius 1 is 1.53 bits per heavy atom. The van der Waals surface area contributed by atoms with Crippen molar-refractivity contribution in [3.05, 3.63) is 28.4 Å². The van der Waals surface area contributed by atoms with E-state index in [0.29, 0.717) is 19.6 Å². The van der Waals surface area contributed by atoms with Gasteiger partial charge >= 0.3 is 11.9 Å². The molecule has 1 atom stereocenters. The maximum absolute atomic E-state index is 10.9. The Kier molecular flexibility index (Phi) is 3.50. The van der Waals surface area contributed by atoms with Crippen molar-refractivity contribution in [3.8, 4) is 0 Å². The van der Waals surface area contributed by atoms with Crippen LogP contribution in [0.2, 0.25) is 0 Å². The number of amides is 1. The third kappa shape index (κ3) is 2.72. The normalized spacial score (nSPS) is 19.3. The summed E-state index contributed by atoms with van der Waals surface area (Å²) in [6.45, 7) is 3.34. The molecule has 8 heteroatoms. The first-order chi connectivity index (χ1) is 8.99. The van der Waals surface area contributed by atoms with Crippen LogP contribution in [0.1, 0.15) is 6.92 Å². The summed E-state index contributed by atoms with van der Waals surface area (Å²) in [5.41, 5.74) is 0.766. The molecule has 1 aliphatic heterocycles. The molecule has 1 saturated heterocycles.